The standard InChI is InChI=1S/C28H26N4O6S/c1-5-37-18-12-10-17(11-13-18)22-20(23(33)21-15(3)29-19-9-7-8-14-31(19)21)24(34)26(35)32(22)28-30-16(4)25(39-28)27(36)38-6-2/h7-14,22,33H,5-6H2,1-4H3. The lowest BCUT2D eigenvalue weighted by atomic mass is 9.96. The maximum absolute atomic E-state index is 13.6. The summed E-state index contributed by atoms with van der Waals surface area (Å²) in [5.74, 6) is -2.04. The van der Waals surface area contributed by atoms with Crippen LogP contribution in [-0.2, 0) is 14.3 Å². The van der Waals surface area contributed by atoms with Gasteiger partial charge in [-0.3, -0.25) is 18.9 Å². The number of hydrogen-bond acceptors (Lipinski definition) is 9. The molecule has 1 aromatic carbocycles. The summed E-state index contributed by atoms with van der Waals surface area (Å²) in [6.07, 6.45) is 1.72. The highest BCUT2D eigenvalue weighted by atomic mass is 32.1. The van der Waals surface area contributed by atoms with E-state index in [2.05, 4.69) is 9.97 Å². The number of nitrogens with zero attached hydrogens (tertiary/aromatic N) is 4. The second-order valence-electron chi connectivity index (χ2n) is 8.78. The number of aliphatic hydroxyl groups excluding tert-OH is 1. The molecule has 1 unspecified atom stereocenters. The minimum Gasteiger partial charge on any atom is -0.505 e. The number of carbonyl (C=O) groups excluding carboxylic acids is 3. The van der Waals surface area contributed by atoms with Crippen molar-refractivity contribution < 1.29 is 29.0 Å². The molecule has 1 N–H and O–H groups in total. The van der Waals surface area contributed by atoms with Crippen LogP contribution in [0.3, 0.4) is 0 Å². The first-order valence-electron chi connectivity index (χ1n) is 12.4. The number of aliphatic hydroxyl groups is 1. The molecule has 1 fully saturated rings. The smallest absolute Gasteiger partial charge is 0.350 e. The van der Waals surface area contributed by atoms with Crippen molar-refractivity contribution in [2.24, 2.45) is 0 Å². The molecule has 1 aliphatic heterocycles. The number of imidazole rings is 1. The number of Topliss-reactive ketones (excluding diaryl/α,β-unsaturated/α-hetero) is 1. The van der Waals surface area contributed by atoms with Gasteiger partial charge in [-0.2, -0.15) is 0 Å². The van der Waals surface area contributed by atoms with Crippen LogP contribution in [0.1, 0.15) is 52.2 Å². The van der Waals surface area contributed by atoms with Gasteiger partial charge >= 0.3 is 11.9 Å². The third kappa shape index (κ3) is 4.44. The molecule has 4 heterocycles. The molecular formula is C28H26N4O6S. The van der Waals surface area contributed by atoms with Crippen LogP contribution in [0.5, 0.6) is 5.75 Å². The van der Waals surface area contributed by atoms with Crippen molar-refractivity contribution in [1.82, 2.24) is 14.4 Å². The summed E-state index contributed by atoms with van der Waals surface area (Å²) in [6, 6.07) is 11.3. The van der Waals surface area contributed by atoms with Crippen molar-refractivity contribution in [3.8, 4) is 5.75 Å². The van der Waals surface area contributed by atoms with Gasteiger partial charge in [0.05, 0.1) is 36.2 Å². The minimum absolute atomic E-state index is 0.108. The van der Waals surface area contributed by atoms with Gasteiger partial charge in [-0.05, 0) is 57.5 Å². The molecule has 0 bridgehead atoms. The molecule has 39 heavy (non-hydrogen) atoms. The van der Waals surface area contributed by atoms with Crippen molar-refractivity contribution in [3.63, 3.8) is 0 Å². The first-order chi connectivity index (χ1) is 18.8. The van der Waals surface area contributed by atoms with Gasteiger partial charge in [0.2, 0.25) is 0 Å². The Labute approximate surface area is 228 Å². The van der Waals surface area contributed by atoms with Gasteiger partial charge in [-0.25, -0.2) is 14.8 Å². The molecule has 0 spiro atoms. The molecule has 4 aromatic rings. The Kier molecular flexibility index (Phi) is 6.92. The van der Waals surface area contributed by atoms with E-state index < -0.39 is 23.7 Å². The number of pyridine rings is 1. The Morgan fingerprint density at radius 1 is 1.03 bits per heavy atom. The summed E-state index contributed by atoms with van der Waals surface area (Å²) < 4.78 is 12.4. The van der Waals surface area contributed by atoms with Crippen LogP contribution in [-0.4, -0.2) is 50.3 Å². The number of thiazole rings is 1. The van der Waals surface area contributed by atoms with E-state index in [0.717, 1.165) is 11.3 Å². The van der Waals surface area contributed by atoms with Crippen LogP contribution in [0.15, 0.2) is 54.2 Å². The fraction of sp³-hybridized carbons (Fsp3) is 0.250. The molecule has 3 aromatic heterocycles. The monoisotopic (exact) mass is 546 g/mol. The van der Waals surface area contributed by atoms with Crippen molar-refractivity contribution in [3.05, 3.63) is 81.8 Å². The molecular weight excluding hydrogens is 520 g/mol. The molecule has 5 rings (SSSR count). The summed E-state index contributed by atoms with van der Waals surface area (Å²) in [6.45, 7) is 7.58. The van der Waals surface area contributed by atoms with Gasteiger partial charge in [0.15, 0.2) is 10.9 Å². The molecule has 1 amide bonds. The van der Waals surface area contributed by atoms with Crippen LogP contribution in [0.4, 0.5) is 5.13 Å². The highest BCUT2D eigenvalue weighted by Crippen LogP contribution is 2.44. The number of aromatic nitrogens is 3. The number of esters is 1. The number of ketones is 1. The quantitative estimate of drug-likeness (QED) is 0.154. The highest BCUT2D eigenvalue weighted by molar-refractivity contribution is 7.17. The largest absolute Gasteiger partial charge is 0.505 e. The second-order valence-corrected chi connectivity index (χ2v) is 9.75. The fourth-order valence-electron chi connectivity index (χ4n) is 4.66. The van der Waals surface area contributed by atoms with Crippen molar-refractivity contribution in [2.45, 2.75) is 33.7 Å². The molecule has 0 radical (unpaired) electrons. The number of hydrogen-bond donors (Lipinski definition) is 1. The molecule has 1 saturated heterocycles. The third-order valence-electron chi connectivity index (χ3n) is 6.33. The number of rotatable bonds is 7. The van der Waals surface area contributed by atoms with E-state index in [9.17, 15) is 19.5 Å². The predicted molar refractivity (Wildman–Crippen MR) is 145 cm³/mol. The van der Waals surface area contributed by atoms with Gasteiger partial charge in [0.1, 0.15) is 22.0 Å². The van der Waals surface area contributed by atoms with Crippen LogP contribution >= 0.6 is 11.3 Å². The Bertz CT molecular complexity index is 1640. The normalized spacial score (nSPS) is 16.7. The predicted octanol–water partition coefficient (Wildman–Crippen LogP) is 4.61. The van der Waals surface area contributed by atoms with Crippen LogP contribution in [0, 0.1) is 13.8 Å². The summed E-state index contributed by atoms with van der Waals surface area (Å²) in [5.41, 5.74) is 2.20. The Hall–Kier alpha value is -4.51. The number of carbonyl (C=O) groups is 3. The lowest BCUT2D eigenvalue weighted by Gasteiger charge is -2.23. The Morgan fingerprint density at radius 2 is 1.77 bits per heavy atom. The van der Waals surface area contributed by atoms with Gasteiger partial charge in [-0.1, -0.05) is 29.5 Å². The van der Waals surface area contributed by atoms with Crippen molar-refractivity contribution >= 4 is 45.5 Å². The van der Waals surface area contributed by atoms with E-state index in [4.69, 9.17) is 9.47 Å². The first kappa shape index (κ1) is 26.1. The zero-order chi connectivity index (χ0) is 27.8. The maximum atomic E-state index is 13.6. The average molecular weight is 547 g/mol. The van der Waals surface area contributed by atoms with E-state index in [1.807, 2.05) is 13.0 Å². The number of fused-ring (bicyclic) bond motifs is 1. The van der Waals surface area contributed by atoms with E-state index >= 15 is 0 Å². The third-order valence-corrected chi connectivity index (χ3v) is 7.47. The average Bonchev–Trinajstić information content (AvgIpc) is 3.55. The number of ether oxygens (including phenoxy) is 2. The zero-order valence-corrected chi connectivity index (χ0v) is 22.6. The molecule has 1 aliphatic rings. The maximum Gasteiger partial charge on any atom is 0.350 e. The van der Waals surface area contributed by atoms with E-state index in [1.54, 1.807) is 67.8 Å². The van der Waals surface area contributed by atoms with E-state index in [1.165, 1.54) is 4.90 Å². The van der Waals surface area contributed by atoms with Gasteiger partial charge in [0.25, 0.3) is 5.78 Å². The second kappa shape index (κ2) is 10.3. The van der Waals surface area contributed by atoms with Crippen LogP contribution < -0.4 is 9.64 Å². The summed E-state index contributed by atoms with van der Waals surface area (Å²) in [5, 5.41) is 11.8. The van der Waals surface area contributed by atoms with Gasteiger partial charge in [-0.15, -0.1) is 0 Å². The van der Waals surface area contributed by atoms with Crippen molar-refractivity contribution in [1.29, 1.82) is 0 Å². The molecule has 200 valence electrons. The summed E-state index contributed by atoms with van der Waals surface area (Å²) >= 11 is 0.958. The topological polar surface area (TPSA) is 123 Å². The number of anilines is 1. The Balaban J connectivity index is 1.72. The molecule has 10 nitrogen and oxygen atoms in total. The Morgan fingerprint density at radius 3 is 2.46 bits per heavy atom. The highest BCUT2D eigenvalue weighted by Gasteiger charge is 2.49. The molecule has 1 atom stereocenters. The van der Waals surface area contributed by atoms with Gasteiger partial charge < -0.3 is 14.6 Å². The zero-order valence-electron chi connectivity index (χ0n) is 21.8. The molecule has 0 aliphatic carbocycles. The first-order valence-corrected chi connectivity index (χ1v) is 13.2. The lowest BCUT2D eigenvalue weighted by molar-refractivity contribution is -0.132. The fourth-order valence-corrected chi connectivity index (χ4v) is 5.64. The van der Waals surface area contributed by atoms with E-state index in [0.29, 0.717) is 40.6 Å². The van der Waals surface area contributed by atoms with Crippen LogP contribution in [0.2, 0.25) is 0 Å². The van der Waals surface area contributed by atoms with E-state index in [-0.39, 0.29) is 27.9 Å². The molecule has 11 heteroatoms. The lowest BCUT2D eigenvalue weighted by Crippen LogP contribution is -2.29. The number of benzene rings is 1. The van der Waals surface area contributed by atoms with Crippen molar-refractivity contribution in [2.75, 3.05) is 18.1 Å². The minimum atomic E-state index is -1.02. The molecule has 0 saturated carbocycles. The van der Waals surface area contributed by atoms with Gasteiger partial charge in [0, 0.05) is 6.20 Å². The summed E-state index contributed by atoms with van der Waals surface area (Å²) in [4.78, 5) is 50.0. The number of aryl methyl sites for hydroxylation is 2. The SMILES string of the molecule is CCOC(=O)c1sc(N2C(=O)C(=O)C(=C(O)c3c(C)nc4ccccn34)C2c2ccc(OCC)cc2)nc1C. The number of amides is 1. The van der Waals surface area contributed by atoms with Crippen LogP contribution in [0.25, 0.3) is 11.4 Å². The summed E-state index contributed by atoms with van der Waals surface area (Å²) in [7, 11) is 0.